The van der Waals surface area contributed by atoms with Gasteiger partial charge in [-0.15, -0.1) is 10.2 Å². The smallest absolute Gasteiger partial charge is 0.286 e. The number of nitrogens with zero attached hydrogens (tertiary/aromatic N) is 4. The lowest BCUT2D eigenvalue weighted by Gasteiger charge is -2.33. The van der Waals surface area contributed by atoms with Gasteiger partial charge < -0.3 is 15.4 Å². The number of hydrogen-bond donors (Lipinski definition) is 1. The first kappa shape index (κ1) is 14.0. The molecule has 0 radical (unpaired) electrons. The van der Waals surface area contributed by atoms with Crippen molar-refractivity contribution in [3.63, 3.8) is 0 Å². The molecule has 1 aromatic heterocycles. The summed E-state index contributed by atoms with van der Waals surface area (Å²) in [4.78, 5) is 13.9. The maximum Gasteiger partial charge on any atom is 0.286 e. The average Bonchev–Trinajstić information content (AvgIpc) is 3.08. The van der Waals surface area contributed by atoms with E-state index >= 15 is 0 Å². The van der Waals surface area contributed by atoms with Gasteiger partial charge in [-0.2, -0.15) is 0 Å². The third-order valence-corrected chi connectivity index (χ3v) is 5.36. The standard InChI is InChI=1S/C15H23N5O2/c16-12(21)13-17-18-14(20(13)9-11-1-2-11)19-6-3-15(10-19)4-7-22-8-5-15/h11H,1-10H2,(H2,16,21). The molecule has 1 aliphatic carbocycles. The average molecular weight is 305 g/mol. The molecule has 1 spiro atoms. The first-order valence-electron chi connectivity index (χ1n) is 8.23. The van der Waals surface area contributed by atoms with E-state index in [4.69, 9.17) is 10.5 Å². The van der Waals surface area contributed by atoms with Crippen LogP contribution in [0.2, 0.25) is 0 Å². The van der Waals surface area contributed by atoms with E-state index in [-0.39, 0.29) is 0 Å². The van der Waals surface area contributed by atoms with Crippen molar-refractivity contribution in [2.24, 2.45) is 17.1 Å². The van der Waals surface area contributed by atoms with Crippen molar-refractivity contribution in [3.8, 4) is 0 Å². The van der Waals surface area contributed by atoms with Gasteiger partial charge in [-0.25, -0.2) is 0 Å². The molecule has 4 rings (SSSR count). The molecule has 7 heteroatoms. The fourth-order valence-corrected chi connectivity index (χ4v) is 3.76. The van der Waals surface area contributed by atoms with E-state index in [1.54, 1.807) is 0 Å². The maximum absolute atomic E-state index is 11.6. The van der Waals surface area contributed by atoms with E-state index < -0.39 is 5.91 Å². The summed E-state index contributed by atoms with van der Waals surface area (Å²) in [6.07, 6.45) is 5.83. The van der Waals surface area contributed by atoms with Crippen molar-refractivity contribution in [1.29, 1.82) is 0 Å². The number of nitrogens with two attached hydrogens (primary N) is 1. The lowest BCUT2D eigenvalue weighted by molar-refractivity contribution is 0.0254. The van der Waals surface area contributed by atoms with Crippen LogP contribution >= 0.6 is 0 Å². The lowest BCUT2D eigenvalue weighted by Crippen LogP contribution is -2.34. The molecule has 2 saturated heterocycles. The number of rotatable bonds is 4. The molecule has 22 heavy (non-hydrogen) atoms. The first-order valence-corrected chi connectivity index (χ1v) is 8.23. The molecule has 1 saturated carbocycles. The zero-order chi connectivity index (χ0) is 15.2. The van der Waals surface area contributed by atoms with Crippen molar-refractivity contribution in [2.75, 3.05) is 31.2 Å². The molecule has 120 valence electrons. The highest BCUT2D eigenvalue weighted by atomic mass is 16.5. The predicted octanol–water partition coefficient (Wildman–Crippen LogP) is 0.794. The van der Waals surface area contributed by atoms with Crippen molar-refractivity contribution < 1.29 is 9.53 Å². The Balaban J connectivity index is 1.58. The summed E-state index contributed by atoms with van der Waals surface area (Å²) in [6, 6.07) is 0. The van der Waals surface area contributed by atoms with Crippen LogP contribution in [0.4, 0.5) is 5.95 Å². The SMILES string of the molecule is NC(=O)c1nnc(N2CCC3(CCOCC3)C2)n1CC1CC1. The summed E-state index contributed by atoms with van der Waals surface area (Å²) in [5.41, 5.74) is 5.81. The molecule has 0 bridgehead atoms. The number of hydrogen-bond acceptors (Lipinski definition) is 5. The largest absolute Gasteiger partial charge is 0.381 e. The monoisotopic (exact) mass is 305 g/mol. The van der Waals surface area contributed by atoms with Crippen LogP contribution in [-0.2, 0) is 11.3 Å². The molecule has 2 N–H and O–H groups in total. The summed E-state index contributed by atoms with van der Waals surface area (Å²) >= 11 is 0. The molecule has 1 aromatic rings. The van der Waals surface area contributed by atoms with Crippen LogP contribution in [0.5, 0.6) is 0 Å². The molecule has 3 aliphatic rings. The van der Waals surface area contributed by atoms with Gasteiger partial charge in [0.05, 0.1) is 0 Å². The van der Waals surface area contributed by atoms with E-state index in [2.05, 4.69) is 15.1 Å². The Hall–Kier alpha value is -1.63. The van der Waals surface area contributed by atoms with Gasteiger partial charge in [-0.05, 0) is 43.4 Å². The number of aromatic nitrogens is 3. The van der Waals surface area contributed by atoms with E-state index in [0.29, 0.717) is 17.2 Å². The third-order valence-electron chi connectivity index (χ3n) is 5.36. The van der Waals surface area contributed by atoms with Crippen LogP contribution in [0.25, 0.3) is 0 Å². The second-order valence-corrected chi connectivity index (χ2v) is 7.03. The molecular formula is C15H23N5O2. The summed E-state index contributed by atoms with van der Waals surface area (Å²) < 4.78 is 7.45. The van der Waals surface area contributed by atoms with E-state index in [0.717, 1.165) is 51.6 Å². The Kier molecular flexibility index (Phi) is 3.32. The second-order valence-electron chi connectivity index (χ2n) is 7.03. The van der Waals surface area contributed by atoms with E-state index in [9.17, 15) is 4.79 Å². The zero-order valence-electron chi connectivity index (χ0n) is 12.8. The summed E-state index contributed by atoms with van der Waals surface area (Å²) in [7, 11) is 0. The van der Waals surface area contributed by atoms with Gasteiger partial charge >= 0.3 is 0 Å². The Labute approximate surface area is 129 Å². The fraction of sp³-hybridized carbons (Fsp3) is 0.800. The molecule has 1 amide bonds. The molecule has 7 nitrogen and oxygen atoms in total. The van der Waals surface area contributed by atoms with Crippen LogP contribution in [0.1, 0.15) is 42.7 Å². The van der Waals surface area contributed by atoms with Gasteiger partial charge in [0.25, 0.3) is 5.91 Å². The number of carbonyl (C=O) groups excluding carboxylic acids is 1. The first-order chi connectivity index (χ1) is 10.7. The Morgan fingerprint density at radius 2 is 2.05 bits per heavy atom. The van der Waals surface area contributed by atoms with Gasteiger partial charge in [0, 0.05) is 32.8 Å². The predicted molar refractivity (Wildman–Crippen MR) is 80.6 cm³/mol. The summed E-state index contributed by atoms with van der Waals surface area (Å²) in [5.74, 6) is 1.28. The van der Waals surface area contributed by atoms with Crippen LogP contribution in [-0.4, -0.2) is 47.0 Å². The van der Waals surface area contributed by atoms with Crippen molar-refractivity contribution in [1.82, 2.24) is 14.8 Å². The minimum absolute atomic E-state index is 0.301. The Morgan fingerprint density at radius 1 is 1.27 bits per heavy atom. The normalized spacial score (nSPS) is 24.1. The van der Waals surface area contributed by atoms with Crippen LogP contribution in [0, 0.1) is 11.3 Å². The quantitative estimate of drug-likeness (QED) is 0.889. The molecule has 2 aliphatic heterocycles. The number of ether oxygens (including phenoxy) is 1. The van der Waals surface area contributed by atoms with E-state index in [1.807, 2.05) is 4.57 Å². The zero-order valence-corrected chi connectivity index (χ0v) is 12.8. The number of anilines is 1. The number of amides is 1. The van der Waals surface area contributed by atoms with Crippen LogP contribution in [0.3, 0.4) is 0 Å². The molecule has 0 unspecified atom stereocenters. The lowest BCUT2D eigenvalue weighted by atomic mass is 9.80. The van der Waals surface area contributed by atoms with Crippen molar-refractivity contribution >= 4 is 11.9 Å². The number of carbonyl (C=O) groups is 1. The van der Waals surface area contributed by atoms with Gasteiger partial charge in [0.1, 0.15) is 0 Å². The van der Waals surface area contributed by atoms with Gasteiger partial charge in [-0.3, -0.25) is 9.36 Å². The molecular weight excluding hydrogens is 282 g/mol. The van der Waals surface area contributed by atoms with E-state index in [1.165, 1.54) is 19.3 Å². The highest BCUT2D eigenvalue weighted by Gasteiger charge is 2.41. The summed E-state index contributed by atoms with van der Waals surface area (Å²) in [5, 5.41) is 8.33. The van der Waals surface area contributed by atoms with Gasteiger partial charge in [0.15, 0.2) is 0 Å². The molecule has 0 aromatic carbocycles. The Morgan fingerprint density at radius 3 is 2.73 bits per heavy atom. The fourth-order valence-electron chi connectivity index (χ4n) is 3.76. The topological polar surface area (TPSA) is 86.3 Å². The molecule has 0 atom stereocenters. The molecule has 3 fully saturated rings. The third kappa shape index (κ3) is 2.47. The van der Waals surface area contributed by atoms with Crippen molar-refractivity contribution in [3.05, 3.63) is 5.82 Å². The van der Waals surface area contributed by atoms with Crippen LogP contribution < -0.4 is 10.6 Å². The van der Waals surface area contributed by atoms with Gasteiger partial charge in [0.2, 0.25) is 11.8 Å². The Bertz CT molecular complexity index is 574. The minimum atomic E-state index is -0.487. The highest BCUT2D eigenvalue weighted by Crippen LogP contribution is 2.41. The highest BCUT2D eigenvalue weighted by molar-refractivity contribution is 5.89. The number of primary amides is 1. The van der Waals surface area contributed by atoms with Crippen LogP contribution in [0.15, 0.2) is 0 Å². The summed E-state index contributed by atoms with van der Waals surface area (Å²) in [6.45, 7) is 4.48. The molecule has 3 heterocycles. The second kappa shape index (κ2) is 5.22. The van der Waals surface area contributed by atoms with Gasteiger partial charge in [-0.1, -0.05) is 0 Å². The maximum atomic E-state index is 11.6. The minimum Gasteiger partial charge on any atom is -0.381 e. The van der Waals surface area contributed by atoms with Crippen molar-refractivity contribution in [2.45, 2.75) is 38.6 Å².